The van der Waals surface area contributed by atoms with Crippen molar-refractivity contribution in [3.63, 3.8) is 0 Å². The lowest BCUT2D eigenvalue weighted by Gasteiger charge is -2.18. The van der Waals surface area contributed by atoms with Crippen LogP contribution in [0.4, 0.5) is 0 Å². The molecule has 0 aliphatic heterocycles. The summed E-state index contributed by atoms with van der Waals surface area (Å²) < 4.78 is 5.16. The van der Waals surface area contributed by atoms with E-state index in [0.29, 0.717) is 19.0 Å². The van der Waals surface area contributed by atoms with Crippen molar-refractivity contribution in [1.29, 1.82) is 0 Å². The molecule has 25 heavy (non-hydrogen) atoms. The minimum atomic E-state index is 0. The third-order valence-corrected chi connectivity index (χ3v) is 3.85. The Morgan fingerprint density at radius 3 is 2.32 bits per heavy atom. The highest BCUT2D eigenvalue weighted by Crippen LogP contribution is 2.13. The van der Waals surface area contributed by atoms with Crippen molar-refractivity contribution in [3.05, 3.63) is 65.7 Å². The van der Waals surface area contributed by atoms with E-state index in [0.717, 1.165) is 16.9 Å². The van der Waals surface area contributed by atoms with Crippen LogP contribution in [-0.2, 0) is 6.54 Å². The topological polar surface area (TPSA) is 65.9 Å². The van der Waals surface area contributed by atoms with Gasteiger partial charge in [-0.2, -0.15) is 0 Å². The van der Waals surface area contributed by atoms with Crippen LogP contribution in [0.25, 0.3) is 0 Å². The number of hydrogen-bond donors (Lipinski definition) is 3. The van der Waals surface area contributed by atoms with Gasteiger partial charge in [0.2, 0.25) is 0 Å². The van der Waals surface area contributed by atoms with Crippen molar-refractivity contribution in [2.45, 2.75) is 12.5 Å². The van der Waals surface area contributed by atoms with E-state index in [4.69, 9.17) is 4.74 Å². The summed E-state index contributed by atoms with van der Waals surface area (Å²) in [5.74, 6) is 1.58. The normalized spacial score (nSPS) is 12.0. The Balaban J connectivity index is 0.00000312. The van der Waals surface area contributed by atoms with Gasteiger partial charge >= 0.3 is 0 Å². The van der Waals surface area contributed by atoms with Gasteiger partial charge in [0.15, 0.2) is 5.96 Å². The lowest BCUT2D eigenvalue weighted by molar-refractivity contribution is 0.265. The molecule has 0 aliphatic rings. The highest BCUT2D eigenvalue weighted by Gasteiger charge is 2.10. The van der Waals surface area contributed by atoms with E-state index >= 15 is 0 Å². The summed E-state index contributed by atoms with van der Waals surface area (Å²) in [6.07, 6.45) is 0. The molecule has 3 N–H and O–H groups in total. The number of aliphatic hydroxyl groups is 1. The molecule has 0 aromatic heterocycles. The van der Waals surface area contributed by atoms with Crippen LogP contribution < -0.4 is 15.4 Å². The average Bonchev–Trinajstić information content (AvgIpc) is 2.66. The number of nitrogens with zero attached hydrogens (tertiary/aromatic N) is 1. The monoisotopic (exact) mass is 455 g/mol. The predicted octanol–water partition coefficient (Wildman–Crippen LogP) is 2.75. The van der Waals surface area contributed by atoms with Crippen molar-refractivity contribution < 1.29 is 9.84 Å². The van der Waals surface area contributed by atoms with Crippen LogP contribution in [0.2, 0.25) is 0 Å². The molecule has 0 bridgehead atoms. The van der Waals surface area contributed by atoms with Crippen LogP contribution in [0.15, 0.2) is 59.6 Å². The summed E-state index contributed by atoms with van der Waals surface area (Å²) in [5.41, 5.74) is 2.25. The van der Waals surface area contributed by atoms with Crippen LogP contribution in [0.1, 0.15) is 17.0 Å². The second-order valence-electron chi connectivity index (χ2n) is 5.44. The van der Waals surface area contributed by atoms with Crippen molar-refractivity contribution in [3.8, 4) is 5.75 Å². The van der Waals surface area contributed by atoms with E-state index in [1.165, 1.54) is 0 Å². The van der Waals surface area contributed by atoms with Crippen LogP contribution in [0, 0.1) is 0 Å². The Morgan fingerprint density at radius 1 is 1.08 bits per heavy atom. The predicted molar refractivity (Wildman–Crippen MR) is 113 cm³/mol. The Labute approximate surface area is 166 Å². The van der Waals surface area contributed by atoms with Crippen LogP contribution in [0.5, 0.6) is 5.75 Å². The molecule has 6 heteroatoms. The largest absolute Gasteiger partial charge is 0.497 e. The summed E-state index contributed by atoms with van der Waals surface area (Å²) in [4.78, 5) is 4.22. The molecule has 1 unspecified atom stereocenters. The molecule has 0 amide bonds. The van der Waals surface area contributed by atoms with Gasteiger partial charge in [0.1, 0.15) is 5.75 Å². The molecule has 0 spiro atoms. The molecule has 0 saturated carbocycles. The maximum atomic E-state index is 9.61. The number of nitrogens with one attached hydrogen (secondary N) is 2. The van der Waals surface area contributed by atoms with E-state index in [-0.39, 0.29) is 36.5 Å². The molecular formula is C19H26IN3O2. The SMILES string of the molecule is CN=C(NCc1ccc(OC)cc1)NCC(CO)c1ccccc1.I. The van der Waals surface area contributed by atoms with E-state index in [1.807, 2.05) is 54.6 Å². The Hall–Kier alpha value is -1.80. The Morgan fingerprint density at radius 2 is 1.76 bits per heavy atom. The lowest BCUT2D eigenvalue weighted by Crippen LogP contribution is -2.39. The first-order chi connectivity index (χ1) is 11.8. The molecule has 136 valence electrons. The van der Waals surface area contributed by atoms with Gasteiger partial charge in [-0.15, -0.1) is 24.0 Å². The van der Waals surface area contributed by atoms with Gasteiger partial charge in [-0.25, -0.2) is 0 Å². The van der Waals surface area contributed by atoms with E-state index in [2.05, 4.69) is 15.6 Å². The number of aliphatic imine (C=N–C) groups is 1. The van der Waals surface area contributed by atoms with Gasteiger partial charge in [0, 0.05) is 26.1 Å². The molecule has 0 aliphatic carbocycles. The first kappa shape index (κ1) is 21.2. The van der Waals surface area contributed by atoms with Gasteiger partial charge < -0.3 is 20.5 Å². The molecule has 0 heterocycles. The first-order valence-corrected chi connectivity index (χ1v) is 8.00. The third-order valence-electron chi connectivity index (χ3n) is 3.85. The summed E-state index contributed by atoms with van der Waals surface area (Å²) in [5, 5.41) is 16.1. The fourth-order valence-corrected chi connectivity index (χ4v) is 2.38. The summed E-state index contributed by atoms with van der Waals surface area (Å²) in [7, 11) is 3.39. The van der Waals surface area contributed by atoms with Crippen molar-refractivity contribution in [1.82, 2.24) is 10.6 Å². The molecule has 2 aromatic rings. The number of ether oxygens (including phenoxy) is 1. The van der Waals surface area contributed by atoms with Gasteiger partial charge in [-0.3, -0.25) is 4.99 Å². The second-order valence-corrected chi connectivity index (χ2v) is 5.44. The Bertz CT molecular complexity index is 633. The zero-order chi connectivity index (χ0) is 17.2. The molecular weight excluding hydrogens is 429 g/mol. The molecule has 0 saturated heterocycles. The number of rotatable bonds is 7. The number of halogens is 1. The number of guanidine groups is 1. The smallest absolute Gasteiger partial charge is 0.191 e. The van der Waals surface area contributed by atoms with Crippen LogP contribution in [-0.4, -0.2) is 38.4 Å². The molecule has 0 fully saturated rings. The van der Waals surface area contributed by atoms with Gasteiger partial charge in [0.25, 0.3) is 0 Å². The first-order valence-electron chi connectivity index (χ1n) is 8.00. The number of methoxy groups -OCH3 is 1. The minimum Gasteiger partial charge on any atom is -0.497 e. The number of aliphatic hydroxyl groups excluding tert-OH is 1. The van der Waals surface area contributed by atoms with Crippen LogP contribution >= 0.6 is 24.0 Å². The van der Waals surface area contributed by atoms with Gasteiger partial charge in [0.05, 0.1) is 13.7 Å². The fourth-order valence-electron chi connectivity index (χ4n) is 2.38. The van der Waals surface area contributed by atoms with Crippen molar-refractivity contribution in [2.24, 2.45) is 4.99 Å². The number of hydrogen-bond acceptors (Lipinski definition) is 3. The minimum absolute atomic E-state index is 0. The fraction of sp³-hybridized carbons (Fsp3) is 0.316. The van der Waals surface area contributed by atoms with Crippen LogP contribution in [0.3, 0.4) is 0 Å². The lowest BCUT2D eigenvalue weighted by atomic mass is 10.0. The summed E-state index contributed by atoms with van der Waals surface area (Å²) in [6, 6.07) is 17.9. The quantitative estimate of drug-likeness (QED) is 0.342. The molecule has 0 radical (unpaired) electrons. The van der Waals surface area contributed by atoms with E-state index in [1.54, 1.807) is 14.2 Å². The Kier molecular flexibility index (Phi) is 9.94. The maximum absolute atomic E-state index is 9.61. The zero-order valence-electron chi connectivity index (χ0n) is 14.6. The molecule has 5 nitrogen and oxygen atoms in total. The molecule has 2 aromatic carbocycles. The van der Waals surface area contributed by atoms with Crippen molar-refractivity contribution >= 4 is 29.9 Å². The van der Waals surface area contributed by atoms with Gasteiger partial charge in [-0.05, 0) is 23.3 Å². The second kappa shape index (κ2) is 11.7. The number of benzene rings is 2. The molecule has 2 rings (SSSR count). The van der Waals surface area contributed by atoms with E-state index < -0.39 is 0 Å². The average molecular weight is 455 g/mol. The highest BCUT2D eigenvalue weighted by molar-refractivity contribution is 14.0. The highest BCUT2D eigenvalue weighted by atomic mass is 127. The summed E-state index contributed by atoms with van der Waals surface area (Å²) in [6.45, 7) is 1.37. The molecule has 1 atom stereocenters. The van der Waals surface area contributed by atoms with Crippen molar-refractivity contribution in [2.75, 3.05) is 27.3 Å². The maximum Gasteiger partial charge on any atom is 0.191 e. The third kappa shape index (κ3) is 6.91. The summed E-state index contributed by atoms with van der Waals surface area (Å²) >= 11 is 0. The van der Waals surface area contributed by atoms with E-state index in [9.17, 15) is 5.11 Å². The van der Waals surface area contributed by atoms with Gasteiger partial charge in [-0.1, -0.05) is 42.5 Å². The zero-order valence-corrected chi connectivity index (χ0v) is 16.9. The standard InChI is InChI=1S/C19H25N3O2.HI/c1-20-19(21-12-15-8-10-18(24-2)11-9-15)22-13-17(14-23)16-6-4-3-5-7-16;/h3-11,17,23H,12-14H2,1-2H3,(H2,20,21,22);1H.